The minimum Gasteiger partial charge on any atom is -0.497 e. The van der Waals surface area contributed by atoms with Gasteiger partial charge in [0.2, 0.25) is 0 Å². The van der Waals surface area contributed by atoms with E-state index in [0.29, 0.717) is 11.3 Å². The molecule has 4 heteroatoms. The van der Waals surface area contributed by atoms with Gasteiger partial charge in [0.15, 0.2) is 0 Å². The van der Waals surface area contributed by atoms with Gasteiger partial charge in [0.1, 0.15) is 11.5 Å². The molecule has 0 amide bonds. The zero-order valence-corrected chi connectivity index (χ0v) is 10.8. The molecule has 0 saturated heterocycles. The van der Waals surface area contributed by atoms with Gasteiger partial charge in [-0.3, -0.25) is 0 Å². The van der Waals surface area contributed by atoms with Gasteiger partial charge in [0, 0.05) is 11.8 Å². The van der Waals surface area contributed by atoms with E-state index in [1.165, 1.54) is 0 Å². The molecule has 0 atom stereocenters. The fourth-order valence-electron chi connectivity index (χ4n) is 1.69. The van der Waals surface area contributed by atoms with Crippen molar-refractivity contribution in [3.63, 3.8) is 0 Å². The van der Waals surface area contributed by atoms with Crippen molar-refractivity contribution in [3.05, 3.63) is 48.0 Å². The molecule has 0 fully saturated rings. The fourth-order valence-corrected chi connectivity index (χ4v) is 1.69. The predicted molar refractivity (Wildman–Crippen MR) is 74.0 cm³/mol. The van der Waals surface area contributed by atoms with Gasteiger partial charge in [-0.15, -0.1) is 0 Å². The van der Waals surface area contributed by atoms with E-state index >= 15 is 0 Å². The maximum atomic E-state index is 8.75. The van der Waals surface area contributed by atoms with Crippen molar-refractivity contribution in [2.45, 2.75) is 0 Å². The molecule has 0 radical (unpaired) electrons. The van der Waals surface area contributed by atoms with Crippen LogP contribution in [0.4, 0.5) is 11.4 Å². The molecule has 1 N–H and O–H groups in total. The molecule has 2 aromatic carbocycles. The van der Waals surface area contributed by atoms with E-state index in [2.05, 4.69) is 11.4 Å². The molecule has 0 aliphatic heterocycles. The number of nitriles is 1. The summed E-state index contributed by atoms with van der Waals surface area (Å²) in [5, 5.41) is 12.0. The first kappa shape index (κ1) is 12.8. The van der Waals surface area contributed by atoms with Crippen LogP contribution < -0.4 is 14.8 Å². The monoisotopic (exact) mass is 254 g/mol. The van der Waals surface area contributed by atoms with Gasteiger partial charge in [-0.1, -0.05) is 0 Å². The lowest BCUT2D eigenvalue weighted by molar-refractivity contribution is 0.395. The van der Waals surface area contributed by atoms with Crippen LogP contribution in [0.1, 0.15) is 5.56 Å². The van der Waals surface area contributed by atoms with Crippen LogP contribution in [0.15, 0.2) is 42.5 Å². The zero-order chi connectivity index (χ0) is 13.7. The Hall–Kier alpha value is -2.67. The summed E-state index contributed by atoms with van der Waals surface area (Å²) < 4.78 is 10.5. The van der Waals surface area contributed by atoms with E-state index in [4.69, 9.17) is 14.7 Å². The van der Waals surface area contributed by atoms with E-state index in [-0.39, 0.29) is 0 Å². The Kier molecular flexibility index (Phi) is 3.89. The second kappa shape index (κ2) is 5.78. The highest BCUT2D eigenvalue weighted by atomic mass is 16.5. The van der Waals surface area contributed by atoms with Crippen LogP contribution in [0.25, 0.3) is 0 Å². The molecule has 0 aromatic heterocycles. The molecule has 0 saturated carbocycles. The van der Waals surface area contributed by atoms with Gasteiger partial charge in [-0.2, -0.15) is 5.26 Å². The molecule has 2 rings (SSSR count). The summed E-state index contributed by atoms with van der Waals surface area (Å²) >= 11 is 0. The van der Waals surface area contributed by atoms with Crippen molar-refractivity contribution in [2.24, 2.45) is 0 Å². The molecular weight excluding hydrogens is 240 g/mol. The largest absolute Gasteiger partial charge is 0.497 e. The SMILES string of the molecule is COc1ccc(Nc2ccc(C#N)cc2)c(OC)c1. The van der Waals surface area contributed by atoms with Crippen LogP contribution in [0.2, 0.25) is 0 Å². The molecule has 4 nitrogen and oxygen atoms in total. The first-order chi connectivity index (χ1) is 9.26. The Labute approximate surface area is 112 Å². The number of rotatable bonds is 4. The Morgan fingerprint density at radius 2 is 1.74 bits per heavy atom. The topological polar surface area (TPSA) is 54.3 Å². The summed E-state index contributed by atoms with van der Waals surface area (Å²) in [5.41, 5.74) is 2.36. The Balaban J connectivity index is 2.24. The molecule has 0 spiro atoms. The molecule has 0 unspecified atom stereocenters. The van der Waals surface area contributed by atoms with E-state index in [1.54, 1.807) is 26.4 Å². The molecule has 0 bridgehead atoms. The Morgan fingerprint density at radius 1 is 1.00 bits per heavy atom. The third-order valence-electron chi connectivity index (χ3n) is 2.70. The van der Waals surface area contributed by atoms with Crippen molar-refractivity contribution < 1.29 is 9.47 Å². The van der Waals surface area contributed by atoms with Crippen LogP contribution >= 0.6 is 0 Å². The number of hydrogen-bond acceptors (Lipinski definition) is 4. The molecule has 0 heterocycles. The Bertz CT molecular complexity index is 601. The minimum absolute atomic E-state index is 0.632. The summed E-state index contributed by atoms with van der Waals surface area (Å²) in [6.07, 6.45) is 0. The lowest BCUT2D eigenvalue weighted by Gasteiger charge is -2.12. The van der Waals surface area contributed by atoms with Crippen molar-refractivity contribution in [1.29, 1.82) is 5.26 Å². The average Bonchev–Trinajstić information content (AvgIpc) is 2.48. The lowest BCUT2D eigenvalue weighted by Crippen LogP contribution is -1.95. The van der Waals surface area contributed by atoms with Crippen molar-refractivity contribution >= 4 is 11.4 Å². The summed E-state index contributed by atoms with van der Waals surface area (Å²) in [5.74, 6) is 1.44. The summed E-state index contributed by atoms with van der Waals surface area (Å²) in [6.45, 7) is 0. The third kappa shape index (κ3) is 2.96. The normalized spacial score (nSPS) is 9.53. The fraction of sp³-hybridized carbons (Fsp3) is 0.133. The van der Waals surface area contributed by atoms with E-state index in [0.717, 1.165) is 17.1 Å². The third-order valence-corrected chi connectivity index (χ3v) is 2.70. The van der Waals surface area contributed by atoms with Gasteiger partial charge >= 0.3 is 0 Å². The number of nitrogens with zero attached hydrogens (tertiary/aromatic N) is 1. The Morgan fingerprint density at radius 3 is 2.32 bits per heavy atom. The first-order valence-electron chi connectivity index (χ1n) is 5.76. The number of nitrogens with one attached hydrogen (secondary N) is 1. The standard InChI is InChI=1S/C15H14N2O2/c1-18-13-7-8-14(15(9-13)19-2)17-12-5-3-11(10-16)4-6-12/h3-9,17H,1-2H3. The highest BCUT2D eigenvalue weighted by Crippen LogP contribution is 2.31. The molecular formula is C15H14N2O2. The smallest absolute Gasteiger partial charge is 0.145 e. The van der Waals surface area contributed by atoms with Crippen molar-refractivity contribution in [1.82, 2.24) is 0 Å². The highest BCUT2D eigenvalue weighted by Gasteiger charge is 2.05. The van der Waals surface area contributed by atoms with Crippen LogP contribution in [-0.2, 0) is 0 Å². The molecule has 96 valence electrons. The minimum atomic E-state index is 0.632. The highest BCUT2D eigenvalue weighted by molar-refractivity contribution is 5.67. The van der Waals surface area contributed by atoms with E-state index < -0.39 is 0 Å². The van der Waals surface area contributed by atoms with Gasteiger partial charge in [-0.25, -0.2) is 0 Å². The van der Waals surface area contributed by atoms with Crippen molar-refractivity contribution in [3.8, 4) is 17.6 Å². The molecule has 0 aliphatic rings. The molecule has 0 aliphatic carbocycles. The van der Waals surface area contributed by atoms with Crippen LogP contribution in [0.5, 0.6) is 11.5 Å². The first-order valence-corrected chi connectivity index (χ1v) is 5.76. The van der Waals surface area contributed by atoms with Gasteiger partial charge in [-0.05, 0) is 36.4 Å². The average molecular weight is 254 g/mol. The number of benzene rings is 2. The van der Waals surface area contributed by atoms with Crippen LogP contribution in [0, 0.1) is 11.3 Å². The van der Waals surface area contributed by atoms with Crippen LogP contribution in [0.3, 0.4) is 0 Å². The van der Waals surface area contributed by atoms with Gasteiger partial charge in [0.05, 0.1) is 31.5 Å². The van der Waals surface area contributed by atoms with E-state index in [1.807, 2.05) is 30.3 Å². The van der Waals surface area contributed by atoms with Crippen molar-refractivity contribution in [2.75, 3.05) is 19.5 Å². The predicted octanol–water partition coefficient (Wildman–Crippen LogP) is 3.32. The number of anilines is 2. The zero-order valence-electron chi connectivity index (χ0n) is 10.8. The second-order valence-electron chi connectivity index (χ2n) is 3.88. The van der Waals surface area contributed by atoms with Gasteiger partial charge < -0.3 is 14.8 Å². The quantitative estimate of drug-likeness (QED) is 0.909. The van der Waals surface area contributed by atoms with Crippen LogP contribution in [-0.4, -0.2) is 14.2 Å². The molecule has 19 heavy (non-hydrogen) atoms. The lowest BCUT2D eigenvalue weighted by atomic mass is 10.2. The maximum absolute atomic E-state index is 8.75. The summed E-state index contributed by atoms with van der Waals surface area (Å²) in [4.78, 5) is 0. The summed E-state index contributed by atoms with van der Waals surface area (Å²) in [7, 11) is 3.22. The number of hydrogen-bond donors (Lipinski definition) is 1. The number of methoxy groups -OCH3 is 2. The molecule has 2 aromatic rings. The number of ether oxygens (including phenoxy) is 2. The van der Waals surface area contributed by atoms with Gasteiger partial charge in [0.25, 0.3) is 0 Å². The van der Waals surface area contributed by atoms with E-state index in [9.17, 15) is 0 Å². The second-order valence-corrected chi connectivity index (χ2v) is 3.88. The maximum Gasteiger partial charge on any atom is 0.145 e. The summed E-state index contributed by atoms with van der Waals surface area (Å²) in [6, 6.07) is 14.9.